The summed E-state index contributed by atoms with van der Waals surface area (Å²) in [6.45, 7) is 6.56. The molecule has 3 heterocycles. The van der Waals surface area contributed by atoms with Crippen LogP contribution in [0.5, 0.6) is 0 Å². The van der Waals surface area contributed by atoms with Gasteiger partial charge in [0.15, 0.2) is 5.13 Å². The number of pyridine rings is 1. The Morgan fingerprint density at radius 2 is 2.03 bits per heavy atom. The van der Waals surface area contributed by atoms with Gasteiger partial charge in [-0.2, -0.15) is 5.10 Å². The second kappa shape index (κ2) is 8.13. The summed E-state index contributed by atoms with van der Waals surface area (Å²) in [6.07, 6.45) is 2.71. The van der Waals surface area contributed by atoms with E-state index in [4.69, 9.17) is 4.98 Å². The van der Waals surface area contributed by atoms with Gasteiger partial charge in [0.05, 0.1) is 28.1 Å². The molecule has 0 radical (unpaired) electrons. The number of anilines is 1. The zero-order valence-electron chi connectivity index (χ0n) is 16.8. The van der Waals surface area contributed by atoms with Crippen LogP contribution in [0.3, 0.4) is 0 Å². The molecule has 29 heavy (non-hydrogen) atoms. The Kier molecular flexibility index (Phi) is 5.40. The van der Waals surface area contributed by atoms with Crippen molar-refractivity contribution in [2.24, 2.45) is 0 Å². The minimum absolute atomic E-state index is 0.0587. The van der Waals surface area contributed by atoms with Gasteiger partial charge in [-0.15, -0.1) is 0 Å². The predicted molar refractivity (Wildman–Crippen MR) is 116 cm³/mol. The van der Waals surface area contributed by atoms with Crippen molar-refractivity contribution in [1.82, 2.24) is 19.7 Å². The van der Waals surface area contributed by atoms with Gasteiger partial charge in [-0.05, 0) is 56.2 Å². The van der Waals surface area contributed by atoms with Crippen molar-refractivity contribution in [2.75, 3.05) is 4.90 Å². The quantitative estimate of drug-likeness (QED) is 0.480. The molecule has 4 rings (SSSR count). The van der Waals surface area contributed by atoms with Crippen LogP contribution in [-0.4, -0.2) is 25.7 Å². The summed E-state index contributed by atoms with van der Waals surface area (Å²) in [5.74, 6) is -0.0587. The number of aromatic nitrogens is 4. The third kappa shape index (κ3) is 4.19. The first-order chi connectivity index (χ1) is 14.0. The van der Waals surface area contributed by atoms with Crippen LogP contribution in [0.1, 0.15) is 29.6 Å². The molecule has 0 aliphatic heterocycles. The highest BCUT2D eigenvalue weighted by Gasteiger charge is 2.22. The number of carbonyl (C=O) groups excluding carboxylic acids is 1. The average molecular weight is 406 g/mol. The molecule has 3 aromatic heterocycles. The van der Waals surface area contributed by atoms with Gasteiger partial charge >= 0.3 is 0 Å². The molecule has 148 valence electrons. The maximum absolute atomic E-state index is 13.3. The number of benzene rings is 1. The number of thiazole rings is 1. The van der Waals surface area contributed by atoms with Gasteiger partial charge in [-0.1, -0.05) is 30.4 Å². The molecule has 1 amide bonds. The van der Waals surface area contributed by atoms with Gasteiger partial charge in [0.2, 0.25) is 0 Å². The molecule has 0 spiro atoms. The van der Waals surface area contributed by atoms with Crippen molar-refractivity contribution in [3.05, 3.63) is 71.3 Å². The van der Waals surface area contributed by atoms with Gasteiger partial charge < -0.3 is 0 Å². The van der Waals surface area contributed by atoms with E-state index in [0.717, 1.165) is 33.7 Å². The fraction of sp³-hybridized carbons (Fsp3) is 0.273. The molecular weight excluding hydrogens is 382 g/mol. The molecule has 0 saturated carbocycles. The Bertz CT molecular complexity index is 1150. The van der Waals surface area contributed by atoms with E-state index in [1.54, 1.807) is 15.8 Å². The molecule has 0 bridgehead atoms. The highest BCUT2D eigenvalue weighted by Crippen LogP contribution is 2.31. The number of aryl methyl sites for hydroxylation is 3. The van der Waals surface area contributed by atoms with Crippen molar-refractivity contribution < 1.29 is 4.79 Å². The summed E-state index contributed by atoms with van der Waals surface area (Å²) < 4.78 is 2.83. The van der Waals surface area contributed by atoms with E-state index in [2.05, 4.69) is 29.1 Å². The minimum Gasteiger partial charge on any atom is -0.280 e. The highest BCUT2D eigenvalue weighted by molar-refractivity contribution is 7.22. The first-order valence-electron chi connectivity index (χ1n) is 9.64. The smallest absolute Gasteiger partial charge is 0.250 e. The largest absolute Gasteiger partial charge is 0.280 e. The van der Waals surface area contributed by atoms with Crippen LogP contribution in [-0.2, 0) is 24.3 Å². The fourth-order valence-corrected chi connectivity index (χ4v) is 4.30. The van der Waals surface area contributed by atoms with E-state index < -0.39 is 0 Å². The second-order valence-electron chi connectivity index (χ2n) is 7.04. The van der Waals surface area contributed by atoms with E-state index in [0.29, 0.717) is 11.7 Å². The number of carbonyl (C=O) groups is 1. The van der Waals surface area contributed by atoms with E-state index in [9.17, 15) is 4.79 Å². The van der Waals surface area contributed by atoms with Gasteiger partial charge in [-0.25, -0.2) is 4.98 Å². The summed E-state index contributed by atoms with van der Waals surface area (Å²) in [4.78, 5) is 24.1. The van der Waals surface area contributed by atoms with E-state index in [-0.39, 0.29) is 12.5 Å². The van der Waals surface area contributed by atoms with E-state index >= 15 is 0 Å². The third-order valence-electron chi connectivity index (χ3n) is 4.82. The van der Waals surface area contributed by atoms with Crippen LogP contribution in [0.2, 0.25) is 0 Å². The summed E-state index contributed by atoms with van der Waals surface area (Å²) in [5, 5.41) is 5.12. The van der Waals surface area contributed by atoms with Crippen molar-refractivity contribution >= 4 is 32.6 Å². The summed E-state index contributed by atoms with van der Waals surface area (Å²) in [7, 11) is 0. The van der Waals surface area contributed by atoms with Crippen LogP contribution < -0.4 is 4.90 Å². The van der Waals surface area contributed by atoms with Crippen molar-refractivity contribution in [1.29, 1.82) is 0 Å². The Morgan fingerprint density at radius 1 is 1.17 bits per heavy atom. The van der Waals surface area contributed by atoms with Gasteiger partial charge in [0.1, 0.15) is 6.54 Å². The fourth-order valence-electron chi connectivity index (χ4n) is 3.26. The lowest BCUT2D eigenvalue weighted by Crippen LogP contribution is -2.34. The van der Waals surface area contributed by atoms with Crippen LogP contribution >= 0.6 is 11.3 Å². The average Bonchev–Trinajstić information content (AvgIpc) is 3.28. The molecular formula is C22H23N5OS. The van der Waals surface area contributed by atoms with Crippen LogP contribution in [0.25, 0.3) is 10.2 Å². The first-order valence-corrected chi connectivity index (χ1v) is 10.5. The molecule has 0 N–H and O–H groups in total. The number of hydrogen-bond donors (Lipinski definition) is 0. The Balaban J connectivity index is 1.69. The molecule has 0 atom stereocenters. The topological polar surface area (TPSA) is 63.9 Å². The molecule has 7 heteroatoms. The van der Waals surface area contributed by atoms with Gasteiger partial charge in [0.25, 0.3) is 5.91 Å². The van der Waals surface area contributed by atoms with Crippen molar-refractivity contribution in [3.63, 3.8) is 0 Å². The first kappa shape index (κ1) is 19.3. The third-order valence-corrected chi connectivity index (χ3v) is 5.86. The Morgan fingerprint density at radius 3 is 2.72 bits per heavy atom. The van der Waals surface area contributed by atoms with E-state index in [1.165, 1.54) is 16.9 Å². The number of rotatable bonds is 6. The second-order valence-corrected chi connectivity index (χ2v) is 8.05. The lowest BCUT2D eigenvalue weighted by Gasteiger charge is -2.20. The predicted octanol–water partition coefficient (Wildman–Crippen LogP) is 4.30. The molecule has 4 aromatic rings. The summed E-state index contributed by atoms with van der Waals surface area (Å²) in [5.41, 5.74) is 4.86. The molecule has 1 aromatic carbocycles. The van der Waals surface area contributed by atoms with Crippen LogP contribution in [0.15, 0.2) is 48.7 Å². The van der Waals surface area contributed by atoms with Crippen LogP contribution in [0.4, 0.5) is 5.13 Å². The zero-order valence-corrected chi connectivity index (χ0v) is 17.6. The number of nitrogens with zero attached hydrogens (tertiary/aromatic N) is 5. The van der Waals surface area contributed by atoms with E-state index in [1.807, 2.05) is 44.2 Å². The standard InChI is InChI=1S/C22H23N5OS/c1-4-17-8-9-19-20(12-17)29-22(24-19)26(13-18-7-5-6-10-23-18)21(28)14-27-16(3)11-15(2)25-27/h5-12H,4,13-14H2,1-3H3. The van der Waals surface area contributed by atoms with Gasteiger partial charge in [0, 0.05) is 11.9 Å². The lowest BCUT2D eigenvalue weighted by atomic mass is 10.2. The number of amides is 1. The Hall–Kier alpha value is -3.06. The lowest BCUT2D eigenvalue weighted by molar-refractivity contribution is -0.119. The SMILES string of the molecule is CCc1ccc2nc(N(Cc3ccccn3)C(=O)Cn3nc(C)cc3C)sc2c1. The molecule has 6 nitrogen and oxygen atoms in total. The molecule has 0 fully saturated rings. The van der Waals surface area contributed by atoms with Crippen molar-refractivity contribution in [2.45, 2.75) is 40.3 Å². The monoisotopic (exact) mass is 405 g/mol. The van der Waals surface area contributed by atoms with Gasteiger partial charge in [-0.3, -0.25) is 19.4 Å². The molecule has 0 aliphatic rings. The Labute approximate surface area is 173 Å². The summed E-state index contributed by atoms with van der Waals surface area (Å²) in [6, 6.07) is 14.0. The summed E-state index contributed by atoms with van der Waals surface area (Å²) >= 11 is 1.54. The minimum atomic E-state index is -0.0587. The maximum Gasteiger partial charge on any atom is 0.250 e. The normalized spacial score (nSPS) is 11.1. The number of fused-ring (bicyclic) bond motifs is 1. The molecule has 0 aliphatic carbocycles. The zero-order chi connectivity index (χ0) is 20.4. The van der Waals surface area contributed by atoms with Crippen LogP contribution in [0, 0.1) is 13.8 Å². The molecule has 0 unspecified atom stereocenters. The van der Waals surface area contributed by atoms with Crippen molar-refractivity contribution in [3.8, 4) is 0 Å². The highest BCUT2D eigenvalue weighted by atomic mass is 32.1. The maximum atomic E-state index is 13.3. The molecule has 0 saturated heterocycles. The number of hydrogen-bond acceptors (Lipinski definition) is 5.